The van der Waals surface area contributed by atoms with Crippen LogP contribution < -0.4 is 5.32 Å². The van der Waals surface area contributed by atoms with E-state index in [-0.39, 0.29) is 11.8 Å². The molecule has 0 radical (unpaired) electrons. The van der Waals surface area contributed by atoms with Gasteiger partial charge in [-0.15, -0.1) is 0 Å². The smallest absolute Gasteiger partial charge is 0.223 e. The first-order chi connectivity index (χ1) is 8.24. The molecule has 1 aromatic rings. The Balaban J connectivity index is 0.00000121. The third-order valence-electron chi connectivity index (χ3n) is 2.34. The Kier molecular flexibility index (Phi) is 9.02. The lowest BCUT2D eigenvalue weighted by molar-refractivity contribution is -0.124. The van der Waals surface area contributed by atoms with Gasteiger partial charge in [0.05, 0.1) is 12.2 Å². The minimum atomic E-state index is 0.0960. The molecule has 1 aromatic heterocycles. The van der Waals surface area contributed by atoms with Gasteiger partial charge in [-0.1, -0.05) is 40.2 Å². The maximum atomic E-state index is 11.6. The first-order valence-electron chi connectivity index (χ1n) is 6.41. The van der Waals surface area contributed by atoms with Crippen molar-refractivity contribution >= 4 is 5.91 Å². The van der Waals surface area contributed by atoms with Crippen molar-refractivity contribution in [2.24, 2.45) is 5.92 Å². The number of hydrogen-bond acceptors (Lipinski definition) is 2. The highest BCUT2D eigenvalue weighted by Crippen LogP contribution is 2.04. The molecule has 0 aliphatic carbocycles. The number of rotatable bonds is 5. The number of nitrogens with zero attached hydrogens (tertiary/aromatic N) is 1. The van der Waals surface area contributed by atoms with E-state index in [1.54, 1.807) is 6.20 Å². The molecule has 0 aromatic carbocycles. The van der Waals surface area contributed by atoms with Crippen LogP contribution in [0.1, 0.15) is 46.2 Å². The van der Waals surface area contributed by atoms with Crippen molar-refractivity contribution in [1.29, 1.82) is 0 Å². The summed E-state index contributed by atoms with van der Waals surface area (Å²) in [6, 6.07) is 5.69. The Bertz CT molecular complexity index is 298. The van der Waals surface area contributed by atoms with Crippen LogP contribution in [0.2, 0.25) is 0 Å². The summed E-state index contributed by atoms with van der Waals surface area (Å²) in [5.41, 5.74) is 0.898. The second-order valence-corrected chi connectivity index (χ2v) is 3.73. The summed E-state index contributed by atoms with van der Waals surface area (Å²) in [5.74, 6) is 0.209. The van der Waals surface area contributed by atoms with Gasteiger partial charge in [0, 0.05) is 12.1 Å². The number of aromatic nitrogens is 1. The van der Waals surface area contributed by atoms with Crippen molar-refractivity contribution in [2.75, 3.05) is 0 Å². The molecule has 0 saturated heterocycles. The molecular formula is C14H24N2O. The van der Waals surface area contributed by atoms with Crippen LogP contribution in [-0.2, 0) is 11.3 Å². The molecule has 3 heteroatoms. The number of amides is 1. The SMILES string of the molecule is CC.CCCC(C)C(=O)NCc1ccccn1. The molecular weight excluding hydrogens is 212 g/mol. The molecule has 17 heavy (non-hydrogen) atoms. The summed E-state index contributed by atoms with van der Waals surface area (Å²) in [7, 11) is 0. The first-order valence-corrected chi connectivity index (χ1v) is 6.41. The Labute approximate surface area is 105 Å². The number of carbonyl (C=O) groups is 1. The normalized spacial score (nSPS) is 11.1. The number of hydrogen-bond donors (Lipinski definition) is 1. The Morgan fingerprint density at radius 3 is 2.65 bits per heavy atom. The van der Waals surface area contributed by atoms with Crippen molar-refractivity contribution in [3.05, 3.63) is 30.1 Å². The van der Waals surface area contributed by atoms with Gasteiger partial charge in [0.2, 0.25) is 5.91 Å². The van der Waals surface area contributed by atoms with Gasteiger partial charge in [-0.2, -0.15) is 0 Å². The van der Waals surface area contributed by atoms with Crippen LogP contribution in [0.4, 0.5) is 0 Å². The number of nitrogens with one attached hydrogen (secondary N) is 1. The van der Waals surface area contributed by atoms with Crippen LogP contribution in [0.5, 0.6) is 0 Å². The van der Waals surface area contributed by atoms with Gasteiger partial charge >= 0.3 is 0 Å². The fraction of sp³-hybridized carbons (Fsp3) is 0.571. The van der Waals surface area contributed by atoms with E-state index < -0.39 is 0 Å². The highest BCUT2D eigenvalue weighted by atomic mass is 16.1. The summed E-state index contributed by atoms with van der Waals surface area (Å²) in [6.45, 7) is 8.56. The van der Waals surface area contributed by atoms with Crippen molar-refractivity contribution in [2.45, 2.75) is 47.1 Å². The molecule has 1 heterocycles. The molecule has 1 N–H and O–H groups in total. The molecule has 0 saturated carbocycles. The zero-order valence-electron chi connectivity index (χ0n) is 11.4. The van der Waals surface area contributed by atoms with E-state index in [0.29, 0.717) is 6.54 Å². The molecule has 1 atom stereocenters. The second-order valence-electron chi connectivity index (χ2n) is 3.73. The Morgan fingerprint density at radius 1 is 1.41 bits per heavy atom. The maximum Gasteiger partial charge on any atom is 0.223 e. The highest BCUT2D eigenvalue weighted by Gasteiger charge is 2.10. The van der Waals surface area contributed by atoms with Gasteiger partial charge in [0.25, 0.3) is 0 Å². The van der Waals surface area contributed by atoms with Crippen LogP contribution >= 0.6 is 0 Å². The van der Waals surface area contributed by atoms with Gasteiger partial charge in [-0.3, -0.25) is 9.78 Å². The monoisotopic (exact) mass is 236 g/mol. The van der Waals surface area contributed by atoms with Gasteiger partial charge in [0.15, 0.2) is 0 Å². The topological polar surface area (TPSA) is 42.0 Å². The van der Waals surface area contributed by atoms with E-state index in [2.05, 4.69) is 17.2 Å². The van der Waals surface area contributed by atoms with E-state index in [9.17, 15) is 4.79 Å². The molecule has 0 bridgehead atoms. The first kappa shape index (κ1) is 15.6. The zero-order valence-corrected chi connectivity index (χ0v) is 11.4. The van der Waals surface area contributed by atoms with Crippen molar-refractivity contribution in [1.82, 2.24) is 10.3 Å². The third kappa shape index (κ3) is 6.72. The van der Waals surface area contributed by atoms with Crippen molar-refractivity contribution in [3.8, 4) is 0 Å². The van der Waals surface area contributed by atoms with Crippen molar-refractivity contribution < 1.29 is 4.79 Å². The molecule has 3 nitrogen and oxygen atoms in total. The molecule has 1 unspecified atom stereocenters. The van der Waals surface area contributed by atoms with Crippen LogP contribution in [-0.4, -0.2) is 10.9 Å². The van der Waals surface area contributed by atoms with Crippen molar-refractivity contribution in [3.63, 3.8) is 0 Å². The lowest BCUT2D eigenvalue weighted by Gasteiger charge is -2.10. The van der Waals surface area contributed by atoms with Crippen LogP contribution in [0.3, 0.4) is 0 Å². The summed E-state index contributed by atoms with van der Waals surface area (Å²) >= 11 is 0. The lowest BCUT2D eigenvalue weighted by atomic mass is 10.1. The molecule has 96 valence electrons. The minimum absolute atomic E-state index is 0.0960. The second kappa shape index (κ2) is 9.82. The van der Waals surface area contributed by atoms with Gasteiger partial charge in [-0.25, -0.2) is 0 Å². The maximum absolute atomic E-state index is 11.6. The quantitative estimate of drug-likeness (QED) is 0.853. The zero-order chi connectivity index (χ0) is 13.1. The molecule has 1 amide bonds. The fourth-order valence-corrected chi connectivity index (χ4v) is 1.42. The van der Waals surface area contributed by atoms with Crippen LogP contribution in [0, 0.1) is 5.92 Å². The fourth-order valence-electron chi connectivity index (χ4n) is 1.42. The lowest BCUT2D eigenvalue weighted by Crippen LogP contribution is -2.28. The molecule has 0 fully saturated rings. The van der Waals surface area contributed by atoms with E-state index in [0.717, 1.165) is 18.5 Å². The predicted molar refractivity (Wildman–Crippen MR) is 71.5 cm³/mol. The molecule has 0 aliphatic rings. The highest BCUT2D eigenvalue weighted by molar-refractivity contribution is 5.78. The van der Waals surface area contributed by atoms with Crippen LogP contribution in [0.15, 0.2) is 24.4 Å². The van der Waals surface area contributed by atoms with E-state index >= 15 is 0 Å². The summed E-state index contributed by atoms with van der Waals surface area (Å²) in [4.78, 5) is 15.7. The summed E-state index contributed by atoms with van der Waals surface area (Å²) in [5, 5.41) is 2.88. The van der Waals surface area contributed by atoms with E-state index in [4.69, 9.17) is 0 Å². The standard InChI is InChI=1S/C12H18N2O.C2H6/c1-3-6-10(2)12(15)14-9-11-7-4-5-8-13-11;1-2/h4-5,7-8,10H,3,6,9H2,1-2H3,(H,14,15);1-2H3. The Morgan fingerprint density at radius 2 is 2.12 bits per heavy atom. The van der Waals surface area contributed by atoms with Gasteiger partial charge in [0.1, 0.15) is 0 Å². The average Bonchev–Trinajstić information content (AvgIpc) is 2.40. The average molecular weight is 236 g/mol. The minimum Gasteiger partial charge on any atom is -0.350 e. The van der Waals surface area contributed by atoms with E-state index in [1.807, 2.05) is 39.0 Å². The predicted octanol–water partition coefficient (Wildman–Crippen LogP) is 3.16. The molecule has 0 spiro atoms. The largest absolute Gasteiger partial charge is 0.350 e. The van der Waals surface area contributed by atoms with Gasteiger partial charge < -0.3 is 5.32 Å². The number of pyridine rings is 1. The molecule has 0 aliphatic heterocycles. The van der Waals surface area contributed by atoms with Crippen LogP contribution in [0.25, 0.3) is 0 Å². The molecule has 1 rings (SSSR count). The number of carbonyl (C=O) groups excluding carboxylic acids is 1. The Hall–Kier alpha value is -1.38. The third-order valence-corrected chi connectivity index (χ3v) is 2.34. The van der Waals surface area contributed by atoms with E-state index in [1.165, 1.54) is 0 Å². The van der Waals surface area contributed by atoms with Gasteiger partial charge in [-0.05, 0) is 18.6 Å². The summed E-state index contributed by atoms with van der Waals surface area (Å²) < 4.78 is 0. The summed E-state index contributed by atoms with van der Waals surface area (Å²) in [6.07, 6.45) is 3.71.